The minimum atomic E-state index is -0.159. The van der Waals surface area contributed by atoms with Crippen LogP contribution in [0.3, 0.4) is 0 Å². The van der Waals surface area contributed by atoms with E-state index in [9.17, 15) is 4.39 Å². The zero-order valence-electron chi connectivity index (χ0n) is 12.4. The summed E-state index contributed by atoms with van der Waals surface area (Å²) in [5.74, 6) is -0.159. The lowest BCUT2D eigenvalue weighted by atomic mass is 9.95. The van der Waals surface area contributed by atoms with Crippen molar-refractivity contribution in [2.75, 3.05) is 0 Å². The summed E-state index contributed by atoms with van der Waals surface area (Å²) in [5, 5.41) is 8.30. The average Bonchev–Trinajstić information content (AvgIpc) is 2.60. The van der Waals surface area contributed by atoms with Gasteiger partial charge in [-0.1, -0.05) is 60.7 Å². The minimum Gasteiger partial charge on any atom is -0.206 e. The van der Waals surface area contributed by atoms with Crippen molar-refractivity contribution in [3.05, 3.63) is 84.7 Å². The molecule has 0 N–H and O–H groups in total. The first-order chi connectivity index (χ1) is 11.3. The summed E-state index contributed by atoms with van der Waals surface area (Å²) in [4.78, 5) is 0. The fourth-order valence-electron chi connectivity index (χ4n) is 3.56. The normalized spacial score (nSPS) is 11.7. The molecule has 0 aliphatic carbocycles. The fraction of sp³-hybridized carbons (Fsp3) is 0. The molecule has 0 saturated carbocycles. The predicted molar refractivity (Wildman–Crippen MR) is 96.4 cm³/mol. The van der Waals surface area contributed by atoms with Crippen LogP contribution in [0, 0.1) is 5.82 Å². The fourth-order valence-corrected chi connectivity index (χ4v) is 3.56. The van der Waals surface area contributed by atoms with Crippen molar-refractivity contribution in [3.8, 4) is 0 Å². The summed E-state index contributed by atoms with van der Waals surface area (Å²) in [6, 6.07) is 26.2. The van der Waals surface area contributed by atoms with E-state index in [1.165, 1.54) is 10.8 Å². The lowest BCUT2D eigenvalue weighted by Crippen LogP contribution is -1.85. The van der Waals surface area contributed by atoms with E-state index < -0.39 is 0 Å². The van der Waals surface area contributed by atoms with Gasteiger partial charge in [-0.2, -0.15) is 0 Å². The Kier molecular flexibility index (Phi) is 2.48. The maximum absolute atomic E-state index is 14.6. The second kappa shape index (κ2) is 4.53. The molecule has 0 fully saturated rings. The molecular weight excluding hydrogens is 283 g/mol. The van der Waals surface area contributed by atoms with E-state index in [4.69, 9.17) is 0 Å². The Labute approximate surface area is 132 Å². The van der Waals surface area contributed by atoms with Gasteiger partial charge in [-0.05, 0) is 55.9 Å². The molecule has 0 saturated heterocycles. The van der Waals surface area contributed by atoms with Gasteiger partial charge in [0.1, 0.15) is 5.82 Å². The van der Waals surface area contributed by atoms with E-state index in [1.54, 1.807) is 6.07 Å². The highest BCUT2D eigenvalue weighted by Crippen LogP contribution is 2.34. The molecule has 23 heavy (non-hydrogen) atoms. The number of rotatable bonds is 0. The van der Waals surface area contributed by atoms with Crippen molar-refractivity contribution in [2.24, 2.45) is 0 Å². The van der Waals surface area contributed by atoms with Crippen LogP contribution in [-0.4, -0.2) is 0 Å². The van der Waals surface area contributed by atoms with Crippen LogP contribution in [0.1, 0.15) is 0 Å². The van der Waals surface area contributed by atoms with E-state index in [0.717, 1.165) is 26.9 Å². The molecule has 0 radical (unpaired) electrons. The van der Waals surface area contributed by atoms with Crippen LogP contribution < -0.4 is 0 Å². The summed E-state index contributed by atoms with van der Waals surface area (Å²) in [5.41, 5.74) is 0. The van der Waals surface area contributed by atoms with Crippen molar-refractivity contribution in [2.45, 2.75) is 0 Å². The maximum atomic E-state index is 14.6. The molecule has 0 amide bonds. The Hall–Kier alpha value is -2.93. The molecule has 0 bridgehead atoms. The van der Waals surface area contributed by atoms with Gasteiger partial charge in [0.2, 0.25) is 0 Å². The summed E-state index contributed by atoms with van der Waals surface area (Å²) < 4.78 is 14.6. The molecule has 0 aliphatic heterocycles. The third-order valence-electron chi connectivity index (χ3n) is 4.67. The predicted octanol–water partition coefficient (Wildman–Crippen LogP) is 6.44. The topological polar surface area (TPSA) is 0 Å². The Bertz CT molecular complexity index is 1220. The van der Waals surface area contributed by atoms with E-state index in [0.29, 0.717) is 5.39 Å². The van der Waals surface area contributed by atoms with Crippen molar-refractivity contribution in [1.29, 1.82) is 0 Å². The van der Waals surface area contributed by atoms with Gasteiger partial charge in [0, 0.05) is 5.39 Å². The van der Waals surface area contributed by atoms with E-state index in [2.05, 4.69) is 36.4 Å². The van der Waals surface area contributed by atoms with E-state index in [-0.39, 0.29) is 5.82 Å². The molecule has 0 atom stereocenters. The number of hydrogen-bond donors (Lipinski definition) is 0. The number of hydrogen-bond acceptors (Lipinski definition) is 0. The third kappa shape index (κ3) is 1.77. The number of halogens is 1. The average molecular weight is 296 g/mol. The largest absolute Gasteiger partial charge is 0.206 e. The van der Waals surface area contributed by atoms with Crippen LogP contribution in [0.15, 0.2) is 78.9 Å². The first-order valence-electron chi connectivity index (χ1n) is 7.74. The Morgan fingerprint density at radius 2 is 1.04 bits per heavy atom. The zero-order chi connectivity index (χ0) is 15.4. The molecule has 0 nitrogen and oxygen atoms in total. The van der Waals surface area contributed by atoms with Crippen LogP contribution in [0.25, 0.3) is 43.1 Å². The van der Waals surface area contributed by atoms with Crippen molar-refractivity contribution in [1.82, 2.24) is 0 Å². The van der Waals surface area contributed by atoms with E-state index in [1.807, 2.05) is 36.4 Å². The molecule has 0 unspecified atom stereocenters. The van der Waals surface area contributed by atoms with Gasteiger partial charge in [-0.25, -0.2) is 4.39 Å². The number of fused-ring (bicyclic) bond motifs is 6. The van der Waals surface area contributed by atoms with Crippen LogP contribution in [0.2, 0.25) is 0 Å². The molecular formula is C22H13F. The standard InChI is InChI=1S/C22H13F/c23-22-12-15-6-2-4-8-18(15)20-11-16-10-9-14-5-1-3-7-17(14)19(16)13-21(20)22/h1-13H. The molecule has 5 rings (SSSR count). The van der Waals surface area contributed by atoms with Crippen molar-refractivity contribution < 1.29 is 4.39 Å². The maximum Gasteiger partial charge on any atom is 0.131 e. The van der Waals surface area contributed by atoms with Gasteiger partial charge in [0.05, 0.1) is 0 Å². The third-order valence-corrected chi connectivity index (χ3v) is 4.67. The first-order valence-corrected chi connectivity index (χ1v) is 7.74. The lowest BCUT2D eigenvalue weighted by molar-refractivity contribution is 0.641. The molecule has 1 heteroatoms. The quantitative estimate of drug-likeness (QED) is 0.228. The van der Waals surface area contributed by atoms with Gasteiger partial charge in [-0.15, -0.1) is 0 Å². The Morgan fingerprint density at radius 1 is 0.435 bits per heavy atom. The van der Waals surface area contributed by atoms with Crippen molar-refractivity contribution >= 4 is 43.1 Å². The van der Waals surface area contributed by atoms with Gasteiger partial charge in [0.15, 0.2) is 0 Å². The van der Waals surface area contributed by atoms with Crippen LogP contribution >= 0.6 is 0 Å². The minimum absolute atomic E-state index is 0.159. The second-order valence-electron chi connectivity index (χ2n) is 5.99. The van der Waals surface area contributed by atoms with Crippen molar-refractivity contribution in [3.63, 3.8) is 0 Å². The molecule has 0 aromatic heterocycles. The van der Waals surface area contributed by atoms with Gasteiger partial charge in [-0.3, -0.25) is 0 Å². The van der Waals surface area contributed by atoms with Crippen LogP contribution in [0.5, 0.6) is 0 Å². The Morgan fingerprint density at radius 3 is 1.87 bits per heavy atom. The highest BCUT2D eigenvalue weighted by Gasteiger charge is 2.09. The molecule has 0 spiro atoms. The lowest BCUT2D eigenvalue weighted by Gasteiger charge is -2.09. The summed E-state index contributed by atoms with van der Waals surface area (Å²) in [6.45, 7) is 0. The monoisotopic (exact) mass is 296 g/mol. The number of benzene rings is 5. The molecule has 108 valence electrons. The smallest absolute Gasteiger partial charge is 0.131 e. The van der Waals surface area contributed by atoms with Gasteiger partial charge >= 0.3 is 0 Å². The summed E-state index contributed by atoms with van der Waals surface area (Å²) in [6.07, 6.45) is 0. The van der Waals surface area contributed by atoms with E-state index >= 15 is 0 Å². The molecule has 5 aromatic rings. The highest BCUT2D eigenvalue weighted by atomic mass is 19.1. The summed E-state index contributed by atoms with van der Waals surface area (Å²) >= 11 is 0. The highest BCUT2D eigenvalue weighted by molar-refractivity contribution is 6.17. The SMILES string of the molecule is Fc1cc2ccccc2c2cc3ccc4ccccc4c3cc12. The van der Waals surface area contributed by atoms with Crippen LogP contribution in [0.4, 0.5) is 4.39 Å². The second-order valence-corrected chi connectivity index (χ2v) is 5.99. The Balaban J connectivity index is 2.05. The molecule has 0 aliphatic rings. The molecule has 0 heterocycles. The van der Waals surface area contributed by atoms with Crippen LogP contribution in [-0.2, 0) is 0 Å². The first kappa shape index (κ1) is 12.6. The molecule has 5 aromatic carbocycles. The summed E-state index contributed by atoms with van der Waals surface area (Å²) in [7, 11) is 0. The van der Waals surface area contributed by atoms with Gasteiger partial charge < -0.3 is 0 Å². The van der Waals surface area contributed by atoms with Gasteiger partial charge in [0.25, 0.3) is 0 Å². The zero-order valence-corrected chi connectivity index (χ0v) is 12.4.